The summed E-state index contributed by atoms with van der Waals surface area (Å²) in [6.45, 7) is 3.72. The summed E-state index contributed by atoms with van der Waals surface area (Å²) in [5, 5.41) is 0. The molecule has 4 rings (SSSR count). The number of methoxy groups -OCH3 is 2. The normalized spacial score (nSPS) is 18.4. The molecule has 7 heteroatoms. The first-order chi connectivity index (χ1) is 16.1. The van der Waals surface area contributed by atoms with Gasteiger partial charge in [-0.3, -0.25) is 14.6 Å². The van der Waals surface area contributed by atoms with E-state index in [1.54, 1.807) is 14.2 Å². The third-order valence-electron chi connectivity index (χ3n) is 6.76. The molecule has 0 unspecified atom stereocenters. The smallest absolute Gasteiger partial charge is 0.327 e. The van der Waals surface area contributed by atoms with Gasteiger partial charge < -0.3 is 14.4 Å². The second-order valence-electron chi connectivity index (χ2n) is 8.82. The molecule has 2 aliphatic heterocycles. The molecule has 2 aromatic carbocycles. The third kappa shape index (κ3) is 4.89. The Morgan fingerprint density at radius 3 is 2.33 bits per heavy atom. The van der Waals surface area contributed by atoms with Gasteiger partial charge in [0.2, 0.25) is 0 Å². The van der Waals surface area contributed by atoms with Crippen molar-refractivity contribution in [2.75, 3.05) is 40.5 Å². The maximum atomic E-state index is 13.7. The van der Waals surface area contributed by atoms with Crippen LogP contribution in [0.25, 0.3) is 0 Å². The molecule has 33 heavy (non-hydrogen) atoms. The number of rotatable bonds is 9. The van der Waals surface area contributed by atoms with Crippen LogP contribution in [0.3, 0.4) is 0 Å². The molecule has 0 N–H and O–H groups in total. The van der Waals surface area contributed by atoms with Gasteiger partial charge in [0.05, 0.1) is 13.7 Å². The maximum absolute atomic E-state index is 13.7. The number of amides is 3. The lowest BCUT2D eigenvalue weighted by Gasteiger charge is -2.42. The van der Waals surface area contributed by atoms with E-state index in [4.69, 9.17) is 9.47 Å². The van der Waals surface area contributed by atoms with Gasteiger partial charge in [-0.05, 0) is 42.5 Å². The number of nitrogens with zero attached hydrogens (tertiary/aromatic N) is 3. The van der Waals surface area contributed by atoms with Crippen molar-refractivity contribution < 1.29 is 19.1 Å². The Kier molecular flexibility index (Phi) is 7.30. The number of hydrogen-bond donors (Lipinski definition) is 0. The monoisotopic (exact) mass is 451 g/mol. The maximum Gasteiger partial charge on any atom is 0.327 e. The Hall–Kier alpha value is -2.90. The molecular weight excluding hydrogens is 418 g/mol. The highest BCUT2D eigenvalue weighted by Gasteiger charge is 2.57. The van der Waals surface area contributed by atoms with Gasteiger partial charge in [0.1, 0.15) is 11.3 Å². The average Bonchev–Trinajstić information content (AvgIpc) is 3.03. The van der Waals surface area contributed by atoms with Gasteiger partial charge in [-0.15, -0.1) is 0 Å². The average molecular weight is 452 g/mol. The van der Waals surface area contributed by atoms with Crippen molar-refractivity contribution in [2.24, 2.45) is 0 Å². The summed E-state index contributed by atoms with van der Waals surface area (Å²) in [6, 6.07) is 17.6. The van der Waals surface area contributed by atoms with Crippen LogP contribution in [0.4, 0.5) is 4.79 Å². The summed E-state index contributed by atoms with van der Waals surface area (Å²) >= 11 is 0. The summed E-state index contributed by atoms with van der Waals surface area (Å²) in [4.78, 5) is 32.7. The van der Waals surface area contributed by atoms with Gasteiger partial charge in [0.25, 0.3) is 5.91 Å². The highest BCUT2D eigenvalue weighted by Crippen LogP contribution is 2.38. The molecule has 7 nitrogen and oxygen atoms in total. The summed E-state index contributed by atoms with van der Waals surface area (Å²) in [7, 11) is 3.33. The third-order valence-corrected chi connectivity index (χ3v) is 6.76. The molecule has 2 aromatic rings. The molecule has 2 fully saturated rings. The summed E-state index contributed by atoms with van der Waals surface area (Å²) in [6.07, 6.45) is 1.99. The van der Waals surface area contributed by atoms with Crippen molar-refractivity contribution >= 4 is 11.9 Å². The topological polar surface area (TPSA) is 62.3 Å². The second kappa shape index (κ2) is 10.4. The molecule has 0 atom stereocenters. The molecule has 0 aliphatic carbocycles. The van der Waals surface area contributed by atoms with E-state index in [1.807, 2.05) is 53.4 Å². The van der Waals surface area contributed by atoms with E-state index in [9.17, 15) is 9.59 Å². The fourth-order valence-corrected chi connectivity index (χ4v) is 4.96. The van der Waals surface area contributed by atoms with Gasteiger partial charge in [0, 0.05) is 39.9 Å². The number of urea groups is 1. The van der Waals surface area contributed by atoms with Crippen LogP contribution < -0.4 is 4.74 Å². The number of carbonyl (C=O) groups is 2. The van der Waals surface area contributed by atoms with Crippen molar-refractivity contribution in [3.05, 3.63) is 65.7 Å². The number of carbonyl (C=O) groups excluding carboxylic acids is 2. The molecule has 2 aliphatic rings. The highest BCUT2D eigenvalue weighted by atomic mass is 16.5. The number of imide groups is 1. The molecule has 2 heterocycles. The Labute approximate surface area is 195 Å². The van der Waals surface area contributed by atoms with Gasteiger partial charge in [-0.2, -0.15) is 0 Å². The predicted octanol–water partition coefficient (Wildman–Crippen LogP) is 3.53. The Balaban J connectivity index is 1.49. The van der Waals surface area contributed by atoms with Crippen LogP contribution in [0.1, 0.15) is 30.4 Å². The molecule has 0 radical (unpaired) electrons. The number of likely N-dealkylation sites (tertiary alicyclic amines) is 1. The zero-order valence-corrected chi connectivity index (χ0v) is 19.5. The number of ether oxygens (including phenoxy) is 2. The fourth-order valence-electron chi connectivity index (χ4n) is 4.96. The lowest BCUT2D eigenvalue weighted by Crippen LogP contribution is -2.56. The fraction of sp³-hybridized carbons (Fsp3) is 0.462. The van der Waals surface area contributed by atoms with E-state index < -0.39 is 5.54 Å². The molecule has 2 saturated heterocycles. The molecular formula is C26H33N3O4. The van der Waals surface area contributed by atoms with Gasteiger partial charge >= 0.3 is 6.03 Å². The summed E-state index contributed by atoms with van der Waals surface area (Å²) in [5.41, 5.74) is 1.38. The molecule has 0 saturated carbocycles. The van der Waals surface area contributed by atoms with Crippen molar-refractivity contribution in [3.8, 4) is 5.75 Å². The molecule has 176 valence electrons. The lowest BCUT2D eigenvalue weighted by molar-refractivity contribution is -0.136. The minimum atomic E-state index is -0.759. The van der Waals surface area contributed by atoms with Crippen LogP contribution >= 0.6 is 0 Å². The Morgan fingerprint density at radius 1 is 0.909 bits per heavy atom. The zero-order chi connectivity index (χ0) is 23.3. The van der Waals surface area contributed by atoms with E-state index in [-0.39, 0.29) is 11.9 Å². The highest BCUT2D eigenvalue weighted by molar-refractivity contribution is 6.07. The summed E-state index contributed by atoms with van der Waals surface area (Å²) in [5.74, 6) is 0.785. The number of piperidine rings is 1. The number of benzene rings is 2. The Morgan fingerprint density at radius 2 is 1.64 bits per heavy atom. The first-order valence-corrected chi connectivity index (χ1v) is 11.6. The van der Waals surface area contributed by atoms with E-state index in [1.165, 1.54) is 10.5 Å². The van der Waals surface area contributed by atoms with Crippen LogP contribution in [0.15, 0.2) is 54.6 Å². The quantitative estimate of drug-likeness (QED) is 0.431. The van der Waals surface area contributed by atoms with Crippen molar-refractivity contribution in [3.63, 3.8) is 0 Å². The van der Waals surface area contributed by atoms with Crippen LogP contribution in [0.2, 0.25) is 0 Å². The van der Waals surface area contributed by atoms with Crippen molar-refractivity contribution in [1.82, 2.24) is 14.7 Å². The van der Waals surface area contributed by atoms with Crippen LogP contribution in [-0.4, -0.2) is 72.6 Å². The van der Waals surface area contributed by atoms with E-state index >= 15 is 0 Å². The first kappa shape index (κ1) is 23.3. The standard InChI is InChI=1S/C26H33N3O4/c1-32-17-7-14-29-25(31)28(20-21-8-4-3-5-9-21)24(30)26(29)12-15-27(16-13-26)19-22-10-6-11-23(18-22)33-2/h3-6,8-11,18H,7,12-17,19-20H2,1-2H3. The zero-order valence-electron chi connectivity index (χ0n) is 19.5. The van der Waals surface area contributed by atoms with Crippen molar-refractivity contribution in [2.45, 2.75) is 37.9 Å². The van der Waals surface area contributed by atoms with Crippen LogP contribution in [-0.2, 0) is 22.6 Å². The van der Waals surface area contributed by atoms with Gasteiger partial charge in [0.15, 0.2) is 0 Å². The van der Waals surface area contributed by atoms with E-state index in [0.717, 1.165) is 30.9 Å². The molecule has 3 amide bonds. The molecule has 0 bridgehead atoms. The SMILES string of the molecule is COCCCN1C(=O)N(Cc2ccccc2)C(=O)C12CCN(Cc1cccc(OC)c1)CC2. The molecule has 0 aromatic heterocycles. The number of hydrogen-bond acceptors (Lipinski definition) is 5. The predicted molar refractivity (Wildman–Crippen MR) is 126 cm³/mol. The van der Waals surface area contributed by atoms with Crippen LogP contribution in [0, 0.1) is 0 Å². The van der Waals surface area contributed by atoms with Crippen molar-refractivity contribution in [1.29, 1.82) is 0 Å². The van der Waals surface area contributed by atoms with Gasteiger partial charge in [-0.1, -0.05) is 42.5 Å². The summed E-state index contributed by atoms with van der Waals surface area (Å²) < 4.78 is 10.6. The Bertz CT molecular complexity index is 957. The van der Waals surface area contributed by atoms with Crippen LogP contribution in [0.5, 0.6) is 5.75 Å². The largest absolute Gasteiger partial charge is 0.497 e. The van der Waals surface area contributed by atoms with E-state index in [0.29, 0.717) is 39.0 Å². The van der Waals surface area contributed by atoms with Gasteiger partial charge in [-0.25, -0.2) is 4.79 Å². The van der Waals surface area contributed by atoms with E-state index in [2.05, 4.69) is 11.0 Å². The minimum absolute atomic E-state index is 0.0604. The second-order valence-corrected chi connectivity index (χ2v) is 8.82. The lowest BCUT2D eigenvalue weighted by atomic mass is 9.85. The minimum Gasteiger partial charge on any atom is -0.497 e. The molecule has 1 spiro atoms. The first-order valence-electron chi connectivity index (χ1n) is 11.6.